The number of anilines is 2. The van der Waals surface area contributed by atoms with Crippen LogP contribution in [-0.2, 0) is 0 Å². The van der Waals surface area contributed by atoms with Crippen molar-refractivity contribution in [1.29, 1.82) is 0 Å². The smallest absolute Gasteiger partial charge is 0.323 e. The van der Waals surface area contributed by atoms with Gasteiger partial charge >= 0.3 is 6.01 Å². The van der Waals surface area contributed by atoms with E-state index in [1.807, 2.05) is 0 Å². The fourth-order valence-corrected chi connectivity index (χ4v) is 2.85. The van der Waals surface area contributed by atoms with Gasteiger partial charge in [0.2, 0.25) is 11.9 Å². The van der Waals surface area contributed by atoms with Crippen LogP contribution in [0.2, 0.25) is 0 Å². The fourth-order valence-electron chi connectivity index (χ4n) is 2.85. The Hall–Kier alpha value is -1.59. The van der Waals surface area contributed by atoms with Gasteiger partial charge in [-0.3, -0.25) is 0 Å². The van der Waals surface area contributed by atoms with Gasteiger partial charge in [0.25, 0.3) is 0 Å². The van der Waals surface area contributed by atoms with Crippen molar-refractivity contribution in [3.63, 3.8) is 0 Å². The summed E-state index contributed by atoms with van der Waals surface area (Å²) in [5.74, 6) is 1.55. The third-order valence-electron chi connectivity index (χ3n) is 3.93. The molecule has 2 N–H and O–H groups in total. The molecule has 6 heteroatoms. The van der Waals surface area contributed by atoms with Crippen LogP contribution in [-0.4, -0.2) is 34.6 Å². The van der Waals surface area contributed by atoms with Crippen molar-refractivity contribution < 1.29 is 4.74 Å². The molecule has 0 bridgehead atoms. The van der Waals surface area contributed by atoms with Gasteiger partial charge in [-0.2, -0.15) is 15.0 Å². The number of rotatable bonds is 4. The van der Waals surface area contributed by atoms with Crippen molar-refractivity contribution in [3.8, 4) is 6.01 Å². The molecule has 19 heavy (non-hydrogen) atoms. The molecule has 6 nitrogen and oxygen atoms in total. The van der Waals surface area contributed by atoms with Gasteiger partial charge in [0.1, 0.15) is 0 Å². The Morgan fingerprint density at radius 3 is 2.53 bits per heavy atom. The van der Waals surface area contributed by atoms with E-state index in [9.17, 15) is 0 Å². The standard InChI is InChI=1S/C13H21N5O/c14-11-15-12(18-7-3-4-8-18)17-13(16-11)19-9-10-5-1-2-6-10/h10H,1-9H2,(H2,14,15,16,17). The van der Waals surface area contributed by atoms with Gasteiger partial charge in [0.15, 0.2) is 0 Å². The molecule has 0 atom stereocenters. The first kappa shape index (κ1) is 12.4. The molecule has 3 rings (SSSR count). The molecule has 104 valence electrons. The number of ether oxygens (including phenoxy) is 1. The lowest BCUT2D eigenvalue weighted by Crippen LogP contribution is -2.22. The second kappa shape index (κ2) is 5.59. The van der Waals surface area contributed by atoms with Crippen LogP contribution in [0.1, 0.15) is 38.5 Å². The second-order valence-corrected chi connectivity index (χ2v) is 5.43. The van der Waals surface area contributed by atoms with Gasteiger partial charge < -0.3 is 15.4 Å². The molecule has 0 aromatic carbocycles. The quantitative estimate of drug-likeness (QED) is 0.889. The second-order valence-electron chi connectivity index (χ2n) is 5.43. The van der Waals surface area contributed by atoms with Gasteiger partial charge in [-0.05, 0) is 31.6 Å². The molecule has 1 aromatic heterocycles. The number of nitrogens with two attached hydrogens (primary N) is 1. The number of nitrogen functional groups attached to an aromatic ring is 1. The summed E-state index contributed by atoms with van der Waals surface area (Å²) in [7, 11) is 0. The number of hydrogen-bond donors (Lipinski definition) is 1. The van der Waals surface area contributed by atoms with Crippen molar-refractivity contribution in [2.45, 2.75) is 38.5 Å². The Morgan fingerprint density at radius 2 is 1.79 bits per heavy atom. The summed E-state index contributed by atoms with van der Waals surface area (Å²) in [6, 6.07) is 0.376. The van der Waals surface area contributed by atoms with Crippen molar-refractivity contribution in [2.75, 3.05) is 30.3 Å². The predicted molar refractivity (Wildman–Crippen MR) is 73.1 cm³/mol. The van der Waals surface area contributed by atoms with Crippen molar-refractivity contribution in [3.05, 3.63) is 0 Å². The first-order valence-electron chi connectivity index (χ1n) is 7.20. The summed E-state index contributed by atoms with van der Waals surface area (Å²) >= 11 is 0. The third kappa shape index (κ3) is 3.05. The van der Waals surface area contributed by atoms with E-state index in [2.05, 4.69) is 19.9 Å². The van der Waals surface area contributed by atoms with Crippen LogP contribution in [0.15, 0.2) is 0 Å². The Bertz CT molecular complexity index is 427. The van der Waals surface area contributed by atoms with Crippen molar-refractivity contribution >= 4 is 11.9 Å². The largest absolute Gasteiger partial charge is 0.463 e. The van der Waals surface area contributed by atoms with E-state index in [1.54, 1.807) is 0 Å². The highest BCUT2D eigenvalue weighted by Crippen LogP contribution is 2.25. The zero-order valence-electron chi connectivity index (χ0n) is 11.2. The van der Waals surface area contributed by atoms with Gasteiger partial charge in [-0.25, -0.2) is 0 Å². The van der Waals surface area contributed by atoms with Crippen LogP contribution in [0.3, 0.4) is 0 Å². The fraction of sp³-hybridized carbons (Fsp3) is 0.769. The van der Waals surface area contributed by atoms with Gasteiger partial charge in [0, 0.05) is 13.1 Å². The molecule has 1 saturated carbocycles. The van der Waals surface area contributed by atoms with Crippen molar-refractivity contribution in [1.82, 2.24) is 15.0 Å². The highest BCUT2D eigenvalue weighted by atomic mass is 16.5. The SMILES string of the molecule is Nc1nc(OCC2CCCC2)nc(N2CCCC2)n1. The minimum atomic E-state index is 0.248. The molecule has 2 fully saturated rings. The topological polar surface area (TPSA) is 77.2 Å². The molecule has 0 radical (unpaired) electrons. The lowest BCUT2D eigenvalue weighted by Gasteiger charge is -2.16. The summed E-state index contributed by atoms with van der Waals surface area (Å²) in [4.78, 5) is 14.8. The molecule has 1 aromatic rings. The summed E-state index contributed by atoms with van der Waals surface area (Å²) in [6.45, 7) is 2.68. The zero-order chi connectivity index (χ0) is 13.1. The first-order chi connectivity index (χ1) is 9.31. The van der Waals surface area contributed by atoms with Crippen LogP contribution < -0.4 is 15.4 Å². The Labute approximate surface area is 113 Å². The van der Waals surface area contributed by atoms with E-state index < -0.39 is 0 Å². The molecular formula is C13H21N5O. The monoisotopic (exact) mass is 263 g/mol. The Kier molecular flexibility index (Phi) is 3.66. The van der Waals surface area contributed by atoms with Crippen LogP contribution in [0.5, 0.6) is 6.01 Å². The molecule has 1 aliphatic heterocycles. The highest BCUT2D eigenvalue weighted by Gasteiger charge is 2.19. The highest BCUT2D eigenvalue weighted by molar-refractivity contribution is 5.36. The third-order valence-corrected chi connectivity index (χ3v) is 3.93. The Morgan fingerprint density at radius 1 is 1.05 bits per heavy atom. The molecule has 0 amide bonds. The normalized spacial score (nSPS) is 20.1. The maximum Gasteiger partial charge on any atom is 0.323 e. The number of aromatic nitrogens is 3. The molecular weight excluding hydrogens is 242 g/mol. The maximum atomic E-state index is 5.74. The first-order valence-corrected chi connectivity index (χ1v) is 7.20. The minimum absolute atomic E-state index is 0.248. The van der Waals surface area contributed by atoms with Gasteiger partial charge in [0.05, 0.1) is 6.61 Å². The average Bonchev–Trinajstić information content (AvgIpc) is 3.09. The van der Waals surface area contributed by atoms with Crippen molar-refractivity contribution in [2.24, 2.45) is 5.92 Å². The van der Waals surface area contributed by atoms with Crippen LogP contribution in [0.25, 0.3) is 0 Å². The number of hydrogen-bond acceptors (Lipinski definition) is 6. The summed E-state index contributed by atoms with van der Waals surface area (Å²) < 4.78 is 5.70. The number of nitrogens with zero attached hydrogens (tertiary/aromatic N) is 4. The van der Waals surface area contributed by atoms with Crippen LogP contribution >= 0.6 is 0 Å². The zero-order valence-corrected chi connectivity index (χ0v) is 11.2. The van der Waals surface area contributed by atoms with E-state index in [0.717, 1.165) is 13.1 Å². The van der Waals surface area contributed by atoms with E-state index >= 15 is 0 Å². The summed E-state index contributed by atoms with van der Waals surface area (Å²) in [5, 5.41) is 0. The molecule has 1 aliphatic carbocycles. The molecule has 0 spiro atoms. The van der Waals surface area contributed by atoms with Gasteiger partial charge in [-0.1, -0.05) is 12.8 Å². The predicted octanol–water partition coefficient (Wildman–Crippen LogP) is 1.62. The minimum Gasteiger partial charge on any atom is -0.463 e. The summed E-state index contributed by atoms with van der Waals surface area (Å²) in [6.07, 6.45) is 7.49. The lowest BCUT2D eigenvalue weighted by atomic mass is 10.1. The lowest BCUT2D eigenvalue weighted by molar-refractivity contribution is 0.234. The van der Waals surface area contributed by atoms with E-state index in [4.69, 9.17) is 10.5 Å². The Balaban J connectivity index is 1.66. The van der Waals surface area contributed by atoms with E-state index in [0.29, 0.717) is 24.5 Å². The molecule has 1 saturated heterocycles. The molecule has 0 unspecified atom stereocenters. The van der Waals surface area contributed by atoms with Crippen LogP contribution in [0, 0.1) is 5.92 Å². The van der Waals surface area contributed by atoms with Gasteiger partial charge in [-0.15, -0.1) is 0 Å². The molecule has 2 aliphatic rings. The van der Waals surface area contributed by atoms with E-state index in [1.165, 1.54) is 38.5 Å². The average molecular weight is 263 g/mol. The van der Waals surface area contributed by atoms with E-state index in [-0.39, 0.29) is 5.95 Å². The maximum absolute atomic E-state index is 5.74. The molecule has 2 heterocycles. The van der Waals surface area contributed by atoms with Crippen LogP contribution in [0.4, 0.5) is 11.9 Å². The summed E-state index contributed by atoms with van der Waals surface area (Å²) in [5.41, 5.74) is 5.74.